The van der Waals surface area contributed by atoms with E-state index < -0.39 is 5.97 Å². The quantitative estimate of drug-likeness (QED) is 0.863. The number of benzene rings is 1. The fourth-order valence-corrected chi connectivity index (χ4v) is 1.89. The summed E-state index contributed by atoms with van der Waals surface area (Å²) >= 11 is 0. The number of fused-ring (bicyclic) bond motifs is 1. The second-order valence-electron chi connectivity index (χ2n) is 4.54. The molecule has 0 fully saturated rings. The zero-order valence-corrected chi connectivity index (χ0v) is 11.0. The highest BCUT2D eigenvalue weighted by molar-refractivity contribution is 6.04. The number of aromatic nitrogens is 2. The number of hydrogen-bond acceptors (Lipinski definition) is 4. The molecule has 0 aliphatic rings. The molecule has 2 rings (SSSR count). The van der Waals surface area contributed by atoms with Crippen LogP contribution >= 0.6 is 0 Å². The molecule has 0 saturated heterocycles. The Morgan fingerprint density at radius 1 is 1.30 bits per heavy atom. The van der Waals surface area contributed by atoms with Gasteiger partial charge in [-0.2, -0.15) is 0 Å². The molecule has 1 amide bonds. The fraction of sp³-hybridized carbons (Fsp3) is 0.286. The Morgan fingerprint density at radius 2 is 2.05 bits per heavy atom. The summed E-state index contributed by atoms with van der Waals surface area (Å²) in [7, 11) is 0. The zero-order chi connectivity index (χ0) is 14.5. The summed E-state index contributed by atoms with van der Waals surface area (Å²) in [5, 5.41) is 11.4. The molecule has 0 bridgehead atoms. The van der Waals surface area contributed by atoms with E-state index in [2.05, 4.69) is 15.3 Å². The van der Waals surface area contributed by atoms with Crippen LogP contribution in [0.2, 0.25) is 0 Å². The Kier molecular flexibility index (Phi) is 4.24. The molecule has 104 valence electrons. The Balaban J connectivity index is 2.13. The molecule has 0 aliphatic heterocycles. The Bertz CT molecular complexity index is 637. The molecule has 0 saturated carbocycles. The van der Waals surface area contributed by atoms with E-state index in [0.717, 1.165) is 0 Å². The van der Waals surface area contributed by atoms with Crippen molar-refractivity contribution in [1.82, 2.24) is 15.3 Å². The predicted octanol–water partition coefficient (Wildman–Crippen LogP) is 1.61. The SMILES string of the molecule is CC(CCC(=O)O)NC(=O)c1cccc2nccnc12. The summed E-state index contributed by atoms with van der Waals surface area (Å²) in [5.74, 6) is -1.14. The summed E-state index contributed by atoms with van der Waals surface area (Å²) in [6.45, 7) is 1.78. The standard InChI is InChI=1S/C14H15N3O3/c1-9(5-6-12(18)19)17-14(20)10-3-2-4-11-13(10)16-8-7-15-11/h2-4,7-9H,5-6H2,1H3,(H,17,20)(H,18,19). The van der Waals surface area contributed by atoms with Gasteiger partial charge in [0.15, 0.2) is 0 Å². The van der Waals surface area contributed by atoms with E-state index >= 15 is 0 Å². The number of para-hydroxylation sites is 1. The van der Waals surface area contributed by atoms with Crippen molar-refractivity contribution in [3.8, 4) is 0 Å². The number of carbonyl (C=O) groups is 2. The summed E-state index contributed by atoms with van der Waals surface area (Å²) in [6.07, 6.45) is 3.51. The molecule has 6 heteroatoms. The summed E-state index contributed by atoms with van der Waals surface area (Å²) < 4.78 is 0. The lowest BCUT2D eigenvalue weighted by atomic mass is 10.1. The van der Waals surface area contributed by atoms with Gasteiger partial charge in [0.05, 0.1) is 11.1 Å². The molecule has 0 spiro atoms. The number of carboxylic acids is 1. The third-order valence-corrected chi connectivity index (χ3v) is 2.91. The molecule has 6 nitrogen and oxygen atoms in total. The van der Waals surface area contributed by atoms with Gasteiger partial charge in [0.1, 0.15) is 5.52 Å². The number of carbonyl (C=O) groups excluding carboxylic acids is 1. The van der Waals surface area contributed by atoms with E-state index in [4.69, 9.17) is 5.11 Å². The van der Waals surface area contributed by atoms with E-state index in [0.29, 0.717) is 23.0 Å². The molecule has 0 aliphatic carbocycles. The van der Waals surface area contributed by atoms with Gasteiger partial charge in [-0.05, 0) is 25.5 Å². The number of rotatable bonds is 5. The minimum absolute atomic E-state index is 0.0246. The van der Waals surface area contributed by atoms with Gasteiger partial charge in [0.2, 0.25) is 0 Å². The first kappa shape index (κ1) is 13.9. The normalized spacial score (nSPS) is 12.1. The van der Waals surface area contributed by atoms with Crippen LogP contribution in [0.5, 0.6) is 0 Å². The average Bonchev–Trinajstić information content (AvgIpc) is 2.44. The molecule has 2 aromatic rings. The molecular weight excluding hydrogens is 258 g/mol. The van der Waals surface area contributed by atoms with E-state index in [1.807, 2.05) is 0 Å². The lowest BCUT2D eigenvalue weighted by Crippen LogP contribution is -2.33. The van der Waals surface area contributed by atoms with Gasteiger partial charge in [0.25, 0.3) is 5.91 Å². The van der Waals surface area contributed by atoms with Gasteiger partial charge < -0.3 is 10.4 Å². The second kappa shape index (κ2) is 6.10. The van der Waals surface area contributed by atoms with Crippen molar-refractivity contribution in [2.75, 3.05) is 0 Å². The molecule has 1 aromatic heterocycles. The minimum Gasteiger partial charge on any atom is -0.481 e. The largest absolute Gasteiger partial charge is 0.481 e. The highest BCUT2D eigenvalue weighted by atomic mass is 16.4. The van der Waals surface area contributed by atoms with E-state index in [9.17, 15) is 9.59 Å². The lowest BCUT2D eigenvalue weighted by molar-refractivity contribution is -0.137. The molecule has 1 atom stereocenters. The first-order valence-electron chi connectivity index (χ1n) is 6.30. The highest BCUT2D eigenvalue weighted by Gasteiger charge is 2.14. The van der Waals surface area contributed by atoms with Gasteiger partial charge in [-0.1, -0.05) is 6.07 Å². The second-order valence-corrected chi connectivity index (χ2v) is 4.54. The number of amides is 1. The first-order chi connectivity index (χ1) is 9.58. The molecule has 1 heterocycles. The van der Waals surface area contributed by atoms with Crippen LogP contribution in [0.3, 0.4) is 0 Å². The Morgan fingerprint density at radius 3 is 2.80 bits per heavy atom. The number of carboxylic acid groups (broad SMARTS) is 1. The molecule has 2 N–H and O–H groups in total. The van der Waals surface area contributed by atoms with Gasteiger partial charge in [-0.3, -0.25) is 19.6 Å². The molecule has 1 unspecified atom stereocenters. The monoisotopic (exact) mass is 273 g/mol. The maximum absolute atomic E-state index is 12.2. The van der Waals surface area contributed by atoms with Crippen molar-refractivity contribution in [2.24, 2.45) is 0 Å². The van der Waals surface area contributed by atoms with Gasteiger partial charge in [-0.15, -0.1) is 0 Å². The van der Waals surface area contributed by atoms with E-state index in [1.54, 1.807) is 31.3 Å². The van der Waals surface area contributed by atoms with Crippen LogP contribution < -0.4 is 5.32 Å². The number of nitrogens with zero attached hydrogens (tertiary/aromatic N) is 2. The topological polar surface area (TPSA) is 92.2 Å². The maximum atomic E-state index is 12.2. The summed E-state index contributed by atoms with van der Waals surface area (Å²) in [6, 6.07) is 4.99. The Hall–Kier alpha value is -2.50. The Labute approximate surface area is 115 Å². The zero-order valence-electron chi connectivity index (χ0n) is 11.0. The number of hydrogen-bond donors (Lipinski definition) is 2. The fourth-order valence-electron chi connectivity index (χ4n) is 1.89. The smallest absolute Gasteiger partial charge is 0.303 e. The van der Waals surface area contributed by atoms with Crippen LogP contribution in [0.4, 0.5) is 0 Å². The number of aliphatic carboxylic acids is 1. The van der Waals surface area contributed by atoms with Crippen molar-refractivity contribution in [2.45, 2.75) is 25.8 Å². The van der Waals surface area contributed by atoms with Crippen LogP contribution in [0.15, 0.2) is 30.6 Å². The van der Waals surface area contributed by atoms with Gasteiger partial charge in [0, 0.05) is 24.9 Å². The lowest BCUT2D eigenvalue weighted by Gasteiger charge is -2.13. The van der Waals surface area contributed by atoms with Crippen LogP contribution in [-0.2, 0) is 4.79 Å². The van der Waals surface area contributed by atoms with Gasteiger partial charge in [-0.25, -0.2) is 0 Å². The molecule has 20 heavy (non-hydrogen) atoms. The van der Waals surface area contributed by atoms with Crippen molar-refractivity contribution in [3.05, 3.63) is 36.2 Å². The van der Waals surface area contributed by atoms with E-state index in [1.165, 1.54) is 6.20 Å². The third-order valence-electron chi connectivity index (χ3n) is 2.91. The van der Waals surface area contributed by atoms with E-state index in [-0.39, 0.29) is 18.4 Å². The van der Waals surface area contributed by atoms with Crippen LogP contribution in [0.25, 0.3) is 11.0 Å². The first-order valence-corrected chi connectivity index (χ1v) is 6.30. The summed E-state index contributed by atoms with van der Waals surface area (Å²) in [4.78, 5) is 31.0. The van der Waals surface area contributed by atoms with Crippen LogP contribution in [-0.4, -0.2) is 33.0 Å². The van der Waals surface area contributed by atoms with Crippen molar-refractivity contribution in [1.29, 1.82) is 0 Å². The van der Waals surface area contributed by atoms with Crippen molar-refractivity contribution >= 4 is 22.9 Å². The number of nitrogens with one attached hydrogen (secondary N) is 1. The molecular formula is C14H15N3O3. The maximum Gasteiger partial charge on any atom is 0.303 e. The molecule has 1 aromatic carbocycles. The summed E-state index contributed by atoms with van der Waals surface area (Å²) in [5.41, 5.74) is 1.63. The average molecular weight is 273 g/mol. The predicted molar refractivity (Wildman–Crippen MR) is 73.3 cm³/mol. The minimum atomic E-state index is -0.873. The van der Waals surface area contributed by atoms with Crippen molar-refractivity contribution in [3.63, 3.8) is 0 Å². The molecule has 0 radical (unpaired) electrons. The highest BCUT2D eigenvalue weighted by Crippen LogP contribution is 2.14. The van der Waals surface area contributed by atoms with Gasteiger partial charge >= 0.3 is 5.97 Å². The third kappa shape index (κ3) is 3.28. The van der Waals surface area contributed by atoms with Crippen molar-refractivity contribution < 1.29 is 14.7 Å². The van der Waals surface area contributed by atoms with Crippen LogP contribution in [0, 0.1) is 0 Å². The van der Waals surface area contributed by atoms with Crippen LogP contribution in [0.1, 0.15) is 30.1 Å².